The molecule has 198 valence electrons. The van der Waals surface area contributed by atoms with Crippen LogP contribution in [0.25, 0.3) is 0 Å². The van der Waals surface area contributed by atoms with E-state index in [1.165, 1.54) is 0 Å². The zero-order valence-electron chi connectivity index (χ0n) is 21.5. The normalized spacial score (nSPS) is 10.3. The van der Waals surface area contributed by atoms with Gasteiger partial charge in [0, 0.05) is 30.4 Å². The average molecular weight is 540 g/mol. The predicted octanol–water partition coefficient (Wildman–Crippen LogP) is 5.54. The zero-order chi connectivity index (χ0) is 27.5. The minimum absolute atomic E-state index is 0.116. The predicted molar refractivity (Wildman–Crippen MR) is 156 cm³/mol. The van der Waals surface area contributed by atoms with Gasteiger partial charge in [-0.25, -0.2) is 0 Å². The second-order valence-electron chi connectivity index (χ2n) is 8.67. The fraction of sp³-hybridized carbons (Fsp3) is 0.129. The van der Waals surface area contributed by atoms with Crippen LogP contribution in [0.4, 0.5) is 5.69 Å². The van der Waals surface area contributed by atoms with E-state index >= 15 is 0 Å². The number of nitrogens with zero attached hydrogens (tertiary/aromatic N) is 1. The summed E-state index contributed by atoms with van der Waals surface area (Å²) >= 11 is 5.34. The highest BCUT2D eigenvalue weighted by molar-refractivity contribution is 7.80. The van der Waals surface area contributed by atoms with Crippen molar-refractivity contribution in [2.75, 3.05) is 25.6 Å². The second kappa shape index (κ2) is 13.7. The monoisotopic (exact) mass is 539 g/mol. The highest BCUT2D eigenvalue weighted by atomic mass is 32.1. The first kappa shape index (κ1) is 27.3. The van der Waals surface area contributed by atoms with Crippen LogP contribution in [0.2, 0.25) is 0 Å². The van der Waals surface area contributed by atoms with Gasteiger partial charge < -0.3 is 19.7 Å². The number of ether oxygens (including phenoxy) is 2. The Hall–Kier alpha value is -4.69. The Balaban J connectivity index is 1.27. The van der Waals surface area contributed by atoms with Crippen LogP contribution in [0.3, 0.4) is 0 Å². The molecule has 7 nitrogen and oxygen atoms in total. The Labute approximate surface area is 233 Å². The van der Waals surface area contributed by atoms with Gasteiger partial charge in [0.25, 0.3) is 11.8 Å². The van der Waals surface area contributed by atoms with Crippen molar-refractivity contribution in [2.45, 2.75) is 6.54 Å². The van der Waals surface area contributed by atoms with Crippen LogP contribution in [0.15, 0.2) is 109 Å². The largest absolute Gasteiger partial charge is 0.490 e. The molecule has 4 aromatic rings. The summed E-state index contributed by atoms with van der Waals surface area (Å²) in [7, 11) is 1.76. The number of nitrogens with one attached hydrogen (secondary N) is 2. The van der Waals surface area contributed by atoms with Gasteiger partial charge in [0.2, 0.25) is 0 Å². The van der Waals surface area contributed by atoms with E-state index in [2.05, 4.69) is 10.6 Å². The zero-order valence-corrected chi connectivity index (χ0v) is 22.3. The van der Waals surface area contributed by atoms with Crippen LogP contribution in [-0.2, 0) is 6.54 Å². The lowest BCUT2D eigenvalue weighted by Gasteiger charge is -2.18. The second-order valence-corrected chi connectivity index (χ2v) is 9.08. The maximum Gasteiger partial charge on any atom is 0.257 e. The number of hydrogen-bond acceptors (Lipinski definition) is 5. The van der Waals surface area contributed by atoms with Crippen molar-refractivity contribution in [3.05, 3.63) is 126 Å². The molecule has 8 heteroatoms. The molecule has 0 aromatic heterocycles. The van der Waals surface area contributed by atoms with Crippen LogP contribution < -0.4 is 20.1 Å². The molecule has 0 atom stereocenters. The number of rotatable bonds is 10. The molecular weight excluding hydrogens is 510 g/mol. The molecule has 0 unspecified atom stereocenters. The van der Waals surface area contributed by atoms with E-state index in [0.29, 0.717) is 42.3 Å². The van der Waals surface area contributed by atoms with Gasteiger partial charge in [-0.3, -0.25) is 14.9 Å². The molecule has 0 radical (unpaired) electrons. The van der Waals surface area contributed by atoms with Gasteiger partial charge in [0.05, 0.1) is 0 Å². The van der Waals surface area contributed by atoms with E-state index in [9.17, 15) is 9.59 Å². The molecule has 4 rings (SSSR count). The molecule has 0 bridgehead atoms. The summed E-state index contributed by atoms with van der Waals surface area (Å²) in [6.45, 7) is 1.20. The smallest absolute Gasteiger partial charge is 0.257 e. The lowest BCUT2D eigenvalue weighted by Crippen LogP contribution is -2.34. The molecule has 0 saturated heterocycles. The molecule has 0 aliphatic rings. The van der Waals surface area contributed by atoms with Crippen molar-refractivity contribution >= 4 is 34.8 Å². The number of anilines is 1. The van der Waals surface area contributed by atoms with Crippen molar-refractivity contribution in [3.8, 4) is 11.5 Å². The third-order valence-corrected chi connectivity index (χ3v) is 5.87. The molecule has 0 spiro atoms. The highest BCUT2D eigenvalue weighted by Crippen LogP contribution is 2.16. The highest BCUT2D eigenvalue weighted by Gasteiger charge is 2.14. The Morgan fingerprint density at radius 1 is 0.744 bits per heavy atom. The number of hydrogen-bond donors (Lipinski definition) is 2. The van der Waals surface area contributed by atoms with Crippen LogP contribution in [-0.4, -0.2) is 42.1 Å². The van der Waals surface area contributed by atoms with Gasteiger partial charge in [-0.1, -0.05) is 60.7 Å². The molecule has 39 heavy (non-hydrogen) atoms. The number of amides is 2. The summed E-state index contributed by atoms with van der Waals surface area (Å²) in [5.41, 5.74) is 2.54. The van der Waals surface area contributed by atoms with Crippen LogP contribution in [0, 0.1) is 0 Å². The molecule has 2 amide bonds. The first-order valence-corrected chi connectivity index (χ1v) is 12.8. The minimum Gasteiger partial charge on any atom is -0.490 e. The number of thiocarbonyl (C=S) groups is 1. The molecule has 2 N–H and O–H groups in total. The molecule has 0 heterocycles. The van der Waals surface area contributed by atoms with Gasteiger partial charge in [-0.05, 0) is 66.3 Å². The van der Waals surface area contributed by atoms with Gasteiger partial charge >= 0.3 is 0 Å². The van der Waals surface area contributed by atoms with Gasteiger partial charge in [-0.15, -0.1) is 0 Å². The van der Waals surface area contributed by atoms with Crippen LogP contribution in [0.5, 0.6) is 11.5 Å². The van der Waals surface area contributed by atoms with E-state index in [1.54, 1.807) is 60.5 Å². The number of carbonyl (C=O) groups is 2. The SMILES string of the molecule is CN(Cc1ccccc1)C(=O)c1cccc(NC(=S)NC(=O)c2cccc(OCCOc3ccccc3)c2)c1. The maximum absolute atomic E-state index is 12.9. The first-order valence-electron chi connectivity index (χ1n) is 12.4. The Morgan fingerprint density at radius 3 is 2.10 bits per heavy atom. The summed E-state index contributed by atoms with van der Waals surface area (Å²) in [6.07, 6.45) is 0. The third-order valence-electron chi connectivity index (χ3n) is 5.66. The fourth-order valence-corrected chi connectivity index (χ4v) is 3.99. The summed E-state index contributed by atoms with van der Waals surface area (Å²) in [6, 6.07) is 33.1. The van der Waals surface area contributed by atoms with Crippen molar-refractivity contribution in [2.24, 2.45) is 0 Å². The van der Waals surface area contributed by atoms with E-state index in [4.69, 9.17) is 21.7 Å². The van der Waals surface area contributed by atoms with E-state index < -0.39 is 0 Å². The number of carbonyl (C=O) groups excluding carboxylic acids is 2. The third kappa shape index (κ3) is 8.41. The Morgan fingerprint density at radius 2 is 1.36 bits per heavy atom. The van der Waals surface area contributed by atoms with Crippen LogP contribution in [0.1, 0.15) is 26.3 Å². The van der Waals surface area contributed by atoms with Crippen molar-refractivity contribution in [3.63, 3.8) is 0 Å². The average Bonchev–Trinajstić information content (AvgIpc) is 2.96. The maximum atomic E-state index is 12.9. The molecule has 4 aromatic carbocycles. The Kier molecular flexibility index (Phi) is 9.63. The van der Waals surface area contributed by atoms with Crippen molar-refractivity contribution in [1.82, 2.24) is 10.2 Å². The van der Waals surface area contributed by atoms with E-state index in [-0.39, 0.29) is 16.9 Å². The van der Waals surface area contributed by atoms with Crippen molar-refractivity contribution in [1.29, 1.82) is 0 Å². The summed E-state index contributed by atoms with van der Waals surface area (Å²) < 4.78 is 11.3. The van der Waals surface area contributed by atoms with Crippen molar-refractivity contribution < 1.29 is 19.1 Å². The molecule has 0 fully saturated rings. The number of para-hydroxylation sites is 1. The summed E-state index contributed by atoms with van der Waals surface area (Å²) in [4.78, 5) is 27.3. The Bertz CT molecular complexity index is 1410. The quantitative estimate of drug-likeness (QED) is 0.203. The molecular formula is C31H29N3O4S. The van der Waals surface area contributed by atoms with Crippen LogP contribution >= 0.6 is 12.2 Å². The standard InChI is InChI=1S/C31H29N3O4S/c1-34(22-23-10-4-2-5-11-23)30(36)25-13-8-14-26(20-25)32-31(39)33-29(35)24-12-9-17-28(21-24)38-19-18-37-27-15-6-3-7-16-27/h2-17,20-21H,18-19,22H2,1H3,(H2,32,33,35,39). The van der Waals surface area contributed by atoms with Gasteiger partial charge in [0.15, 0.2) is 5.11 Å². The lowest BCUT2D eigenvalue weighted by molar-refractivity contribution is 0.0785. The summed E-state index contributed by atoms with van der Waals surface area (Å²) in [5, 5.41) is 5.77. The minimum atomic E-state index is -0.381. The van der Waals surface area contributed by atoms with Gasteiger partial charge in [0.1, 0.15) is 24.7 Å². The van der Waals surface area contributed by atoms with Gasteiger partial charge in [-0.2, -0.15) is 0 Å². The first-order chi connectivity index (χ1) is 19.0. The molecule has 0 aliphatic carbocycles. The molecule has 0 aliphatic heterocycles. The number of benzene rings is 4. The fourth-order valence-electron chi connectivity index (χ4n) is 3.78. The lowest BCUT2D eigenvalue weighted by atomic mass is 10.1. The summed E-state index contributed by atoms with van der Waals surface area (Å²) in [5.74, 6) is 0.810. The van der Waals surface area contributed by atoms with E-state index in [1.807, 2.05) is 60.7 Å². The molecule has 0 saturated carbocycles. The topological polar surface area (TPSA) is 79.9 Å². The van der Waals surface area contributed by atoms with E-state index in [0.717, 1.165) is 11.3 Å².